The van der Waals surface area contributed by atoms with Gasteiger partial charge in [-0.2, -0.15) is 18.6 Å². The van der Waals surface area contributed by atoms with Crippen molar-refractivity contribution < 1.29 is 61.4 Å². The van der Waals surface area contributed by atoms with Gasteiger partial charge in [-0.25, -0.2) is 18.7 Å². The van der Waals surface area contributed by atoms with Crippen molar-refractivity contribution in [2.45, 2.75) is 24.9 Å². The molecular weight excluding hydrogens is 529 g/mol. The molecule has 0 saturated carbocycles. The number of imidazole rings is 1. The van der Waals surface area contributed by atoms with Crippen molar-refractivity contribution in [2.24, 2.45) is 5.92 Å². The number of nitrogen functional groups attached to an aromatic ring is 2. The zero-order chi connectivity index (χ0) is 25.5. The second-order valence-corrected chi connectivity index (χ2v) is 11.4. The molecule has 19 nitrogen and oxygen atoms in total. The third kappa shape index (κ3) is 6.56. The molecule has 1 saturated heterocycles. The number of hydrogen-bond acceptors (Lipinski definition) is 14. The number of fused-ring (bicyclic) bond motifs is 1. The molecule has 2 aromatic heterocycles. The average molecular weight is 550 g/mol. The summed E-state index contributed by atoms with van der Waals surface area (Å²) in [5, 5.41) is 20.1. The highest BCUT2D eigenvalue weighted by Gasteiger charge is 2.46. The second-order valence-electron chi connectivity index (χ2n) is 6.97. The number of nitrogens with two attached hydrogens (primary N) is 2. The third-order valence-corrected chi connectivity index (χ3v) is 8.36. The maximum absolute atomic E-state index is 11.9. The van der Waals surface area contributed by atoms with Gasteiger partial charge in [0.1, 0.15) is 11.6 Å². The van der Waals surface area contributed by atoms with Crippen LogP contribution in [0.1, 0.15) is 0 Å². The van der Waals surface area contributed by atoms with Crippen LogP contribution >= 0.6 is 23.5 Å². The zero-order valence-corrected chi connectivity index (χ0v) is 19.5. The van der Waals surface area contributed by atoms with Gasteiger partial charge >= 0.3 is 23.5 Å². The van der Waals surface area contributed by atoms with Gasteiger partial charge in [-0.15, -0.1) is 0 Å². The van der Waals surface area contributed by atoms with Gasteiger partial charge in [0.2, 0.25) is 5.95 Å². The van der Waals surface area contributed by atoms with Crippen molar-refractivity contribution in [3.8, 4) is 0 Å². The molecule has 3 rings (SSSR count). The first-order chi connectivity index (χ1) is 15.6. The largest absolute Gasteiger partial charge is 0.490 e. The highest BCUT2D eigenvalue weighted by molar-refractivity contribution is 7.66. The van der Waals surface area contributed by atoms with Crippen LogP contribution in [0, 0.1) is 5.92 Å². The minimum Gasteiger partial charge on any atom is -0.396 e. The summed E-state index contributed by atoms with van der Waals surface area (Å²) >= 11 is 0. The van der Waals surface area contributed by atoms with E-state index in [-0.39, 0.29) is 29.5 Å². The number of aromatic nitrogens is 4. The molecule has 0 radical (unpaired) electrons. The topological polar surface area (TPSA) is 305 Å². The minimum absolute atomic E-state index is 0.0243. The fourth-order valence-electron chi connectivity index (χ4n) is 3.22. The Morgan fingerprint density at radius 1 is 1.06 bits per heavy atom. The van der Waals surface area contributed by atoms with Crippen LogP contribution in [0.4, 0.5) is 11.8 Å². The van der Waals surface area contributed by atoms with Gasteiger partial charge in [-0.1, -0.05) is 0 Å². The predicted molar refractivity (Wildman–Crippen MR) is 109 cm³/mol. The van der Waals surface area contributed by atoms with Gasteiger partial charge < -0.3 is 50.6 Å². The van der Waals surface area contributed by atoms with Crippen LogP contribution in [0.25, 0.3) is 11.2 Å². The van der Waals surface area contributed by atoms with Gasteiger partial charge in [0.05, 0.1) is 38.3 Å². The van der Waals surface area contributed by atoms with E-state index in [9.17, 15) is 33.7 Å². The Hall–Kier alpha value is -1.56. The molecule has 3 heterocycles. The summed E-state index contributed by atoms with van der Waals surface area (Å²) in [5.41, 5.74) is 11.8. The minimum atomic E-state index is -5.70. The van der Waals surface area contributed by atoms with Gasteiger partial charge in [0, 0.05) is 5.92 Å². The normalized spacial score (nSPS) is 27.0. The standard InChI is InChI=1S/C12H21N6O13P3/c13-10-8-11(17-12(14)16-10)18(4-15-8)1-6-9(20)5(2-19)7(29-6)3-28-33(24,25)31-34(26,27)30-32(21,22)23/h4-7,9,19-20H,1-3H2,(H,24,25)(H,26,27)(H2,21,22,23)(H4,13,14,16,17)/t5-,6+,7-,9-/m1/s1. The van der Waals surface area contributed by atoms with Crippen LogP contribution in [0.15, 0.2) is 6.33 Å². The second kappa shape index (κ2) is 9.83. The molecule has 0 bridgehead atoms. The Morgan fingerprint density at radius 2 is 1.74 bits per heavy atom. The molecule has 2 unspecified atom stereocenters. The Kier molecular flexibility index (Phi) is 7.82. The van der Waals surface area contributed by atoms with Gasteiger partial charge in [-0.05, 0) is 0 Å². The summed E-state index contributed by atoms with van der Waals surface area (Å²) in [6.45, 7) is -1.56. The van der Waals surface area contributed by atoms with Crippen molar-refractivity contribution in [3.05, 3.63) is 6.33 Å². The smallest absolute Gasteiger partial charge is 0.396 e. The van der Waals surface area contributed by atoms with E-state index in [0.29, 0.717) is 0 Å². The lowest BCUT2D eigenvalue weighted by molar-refractivity contribution is -0.0198. The summed E-state index contributed by atoms with van der Waals surface area (Å²) < 4.78 is 52.8. The molecule has 22 heteroatoms. The van der Waals surface area contributed by atoms with Crippen LogP contribution in [0.5, 0.6) is 0 Å². The van der Waals surface area contributed by atoms with Crippen molar-refractivity contribution in [1.29, 1.82) is 0 Å². The molecule has 6 atom stereocenters. The Bertz CT molecular complexity index is 1190. The first kappa shape index (κ1) is 27.0. The van der Waals surface area contributed by atoms with E-state index in [2.05, 4.69) is 28.1 Å². The molecule has 1 aliphatic heterocycles. The highest BCUT2D eigenvalue weighted by atomic mass is 31.3. The SMILES string of the molecule is Nc1nc(N)c2ncn(C[C@@H]3O[C@H](COP(=O)(O)OP(=O)(O)OP(=O)(O)O)[C@@H](CO)[C@H]3O)c2n1. The average Bonchev–Trinajstić information content (AvgIpc) is 3.18. The highest BCUT2D eigenvalue weighted by Crippen LogP contribution is 2.66. The van der Waals surface area contributed by atoms with Crippen LogP contribution in [0.3, 0.4) is 0 Å². The van der Waals surface area contributed by atoms with Gasteiger partial charge in [0.15, 0.2) is 11.5 Å². The Balaban J connectivity index is 1.68. The molecule has 0 aliphatic carbocycles. The molecule has 0 aromatic carbocycles. The van der Waals surface area contributed by atoms with E-state index >= 15 is 0 Å². The number of phosphoric acid groups is 3. The first-order valence-electron chi connectivity index (χ1n) is 9.07. The van der Waals surface area contributed by atoms with Crippen molar-refractivity contribution in [3.63, 3.8) is 0 Å². The number of nitrogens with zero attached hydrogens (tertiary/aromatic N) is 4. The lowest BCUT2D eigenvalue weighted by Crippen LogP contribution is -2.33. The predicted octanol–water partition coefficient (Wildman–Crippen LogP) is -1.93. The molecule has 0 amide bonds. The molecule has 1 fully saturated rings. The number of aliphatic hydroxyl groups is 2. The Morgan fingerprint density at radius 3 is 2.35 bits per heavy atom. The Labute approximate surface area is 189 Å². The van der Waals surface area contributed by atoms with Crippen molar-refractivity contribution in [2.75, 3.05) is 24.7 Å². The fraction of sp³-hybridized carbons (Fsp3) is 0.583. The van der Waals surface area contributed by atoms with Gasteiger partial charge in [-0.3, -0.25) is 4.52 Å². The molecule has 1 aliphatic rings. The summed E-state index contributed by atoms with van der Waals surface area (Å²) in [5.74, 6) is -1.13. The molecule has 0 spiro atoms. The van der Waals surface area contributed by atoms with E-state index in [1.807, 2.05) is 0 Å². The maximum atomic E-state index is 11.9. The van der Waals surface area contributed by atoms with E-state index in [0.717, 1.165) is 0 Å². The monoisotopic (exact) mass is 550 g/mol. The summed E-state index contributed by atoms with van der Waals surface area (Å²) in [6, 6.07) is 0. The maximum Gasteiger partial charge on any atom is 0.490 e. The number of anilines is 2. The van der Waals surface area contributed by atoms with Crippen molar-refractivity contribution >= 4 is 46.4 Å². The molecule has 10 N–H and O–H groups in total. The van der Waals surface area contributed by atoms with E-state index < -0.39 is 60.9 Å². The van der Waals surface area contributed by atoms with Crippen LogP contribution in [-0.2, 0) is 38.1 Å². The number of phosphoric ester groups is 1. The van der Waals surface area contributed by atoms with Crippen molar-refractivity contribution in [1.82, 2.24) is 19.5 Å². The van der Waals surface area contributed by atoms with E-state index in [4.69, 9.17) is 26.0 Å². The zero-order valence-electron chi connectivity index (χ0n) is 16.8. The van der Waals surface area contributed by atoms with Crippen LogP contribution in [-0.4, -0.2) is 80.8 Å². The van der Waals surface area contributed by atoms with E-state index in [1.54, 1.807) is 0 Å². The van der Waals surface area contributed by atoms with E-state index in [1.165, 1.54) is 10.9 Å². The lowest BCUT2D eigenvalue weighted by Gasteiger charge is -2.20. The quantitative estimate of drug-likeness (QED) is 0.149. The number of hydrogen-bond donors (Lipinski definition) is 8. The number of ether oxygens (including phenoxy) is 1. The molecule has 34 heavy (non-hydrogen) atoms. The first-order valence-corrected chi connectivity index (χ1v) is 13.6. The lowest BCUT2D eigenvalue weighted by atomic mass is 9.97. The number of rotatable bonds is 10. The summed E-state index contributed by atoms with van der Waals surface area (Å²) in [4.78, 5) is 47.7. The number of aliphatic hydroxyl groups excluding tert-OH is 2. The van der Waals surface area contributed by atoms with Crippen LogP contribution in [0.2, 0.25) is 0 Å². The molecule has 192 valence electrons. The molecular formula is C12H21N6O13P3. The fourth-order valence-corrected chi connectivity index (χ4v) is 6.25. The molecule has 2 aromatic rings. The summed E-state index contributed by atoms with van der Waals surface area (Å²) in [7, 11) is -16.7. The van der Waals surface area contributed by atoms with Gasteiger partial charge in [0.25, 0.3) is 0 Å². The third-order valence-electron chi connectivity index (χ3n) is 4.56. The van der Waals surface area contributed by atoms with Crippen LogP contribution < -0.4 is 11.5 Å². The summed E-state index contributed by atoms with van der Waals surface area (Å²) in [6.07, 6.45) is -2.21.